The molecule has 14 heavy (non-hydrogen) atoms. The molecule has 2 rings (SSSR count). The molecule has 4 heteroatoms. The number of anilines is 2. The highest BCUT2D eigenvalue weighted by Crippen LogP contribution is 2.32. The normalized spacial score (nSPS) is 21.6. The maximum Gasteiger partial charge on any atom is 0.0731 e. The molecule has 1 saturated heterocycles. The van der Waals surface area contributed by atoms with Gasteiger partial charge in [0, 0.05) is 17.6 Å². The first-order valence-electron chi connectivity index (χ1n) is 4.65. The highest BCUT2D eigenvalue weighted by atomic mass is 79.9. The Morgan fingerprint density at radius 3 is 2.93 bits per heavy atom. The van der Waals surface area contributed by atoms with Crippen LogP contribution in [0.4, 0.5) is 11.4 Å². The molecule has 1 aliphatic heterocycles. The maximum absolute atomic E-state index is 9.43. The molecule has 76 valence electrons. The zero-order valence-corrected chi connectivity index (χ0v) is 9.37. The third-order valence-corrected chi connectivity index (χ3v) is 3.23. The molecule has 0 aliphatic carbocycles. The number of para-hydroxylation sites is 1. The van der Waals surface area contributed by atoms with Gasteiger partial charge in [-0.25, -0.2) is 0 Å². The fourth-order valence-electron chi connectivity index (χ4n) is 1.76. The van der Waals surface area contributed by atoms with Crippen LogP contribution in [0.2, 0.25) is 0 Å². The molecule has 1 aromatic carbocycles. The van der Waals surface area contributed by atoms with Crippen LogP contribution in [0.15, 0.2) is 22.7 Å². The van der Waals surface area contributed by atoms with Gasteiger partial charge in [-0.2, -0.15) is 0 Å². The van der Waals surface area contributed by atoms with Crippen molar-refractivity contribution in [1.82, 2.24) is 0 Å². The molecule has 0 aromatic heterocycles. The van der Waals surface area contributed by atoms with Gasteiger partial charge in [0.2, 0.25) is 0 Å². The predicted octanol–water partition coefficient (Wildman–Crippen LogP) is 1.60. The lowest BCUT2D eigenvalue weighted by atomic mass is 10.2. The minimum atomic E-state index is -0.214. The minimum Gasteiger partial charge on any atom is -0.396 e. The molecule has 1 aromatic rings. The standard InChI is InChI=1S/C10H13BrN2O/c11-8-2-1-3-9(10(8)12)13-5-4-7(14)6-13/h1-3,7,14H,4-6,12H2. The van der Waals surface area contributed by atoms with E-state index in [9.17, 15) is 5.11 Å². The van der Waals surface area contributed by atoms with Crippen LogP contribution >= 0.6 is 15.9 Å². The Bertz CT molecular complexity index is 343. The smallest absolute Gasteiger partial charge is 0.0731 e. The van der Waals surface area contributed by atoms with Gasteiger partial charge in [-0.1, -0.05) is 6.07 Å². The van der Waals surface area contributed by atoms with Crippen LogP contribution in [0.3, 0.4) is 0 Å². The first-order valence-corrected chi connectivity index (χ1v) is 5.45. The average Bonchev–Trinajstić information content (AvgIpc) is 2.57. The van der Waals surface area contributed by atoms with Crippen molar-refractivity contribution in [2.45, 2.75) is 12.5 Å². The summed E-state index contributed by atoms with van der Waals surface area (Å²) in [6.45, 7) is 1.56. The van der Waals surface area contributed by atoms with Gasteiger partial charge >= 0.3 is 0 Å². The number of rotatable bonds is 1. The fourth-order valence-corrected chi connectivity index (χ4v) is 2.12. The molecule has 1 aliphatic rings. The molecule has 0 saturated carbocycles. The van der Waals surface area contributed by atoms with Crippen molar-refractivity contribution in [2.24, 2.45) is 0 Å². The van der Waals surface area contributed by atoms with Crippen LogP contribution < -0.4 is 10.6 Å². The number of halogens is 1. The maximum atomic E-state index is 9.43. The van der Waals surface area contributed by atoms with Crippen LogP contribution in [0.25, 0.3) is 0 Å². The number of aliphatic hydroxyl groups is 1. The van der Waals surface area contributed by atoms with E-state index in [1.807, 2.05) is 18.2 Å². The van der Waals surface area contributed by atoms with Crippen LogP contribution in [-0.2, 0) is 0 Å². The Hall–Kier alpha value is -0.740. The number of nitrogen functional groups attached to an aromatic ring is 1. The van der Waals surface area contributed by atoms with E-state index in [1.165, 1.54) is 0 Å². The zero-order valence-electron chi connectivity index (χ0n) is 7.78. The number of nitrogens with zero attached hydrogens (tertiary/aromatic N) is 1. The van der Waals surface area contributed by atoms with Gasteiger partial charge in [0.25, 0.3) is 0 Å². The Morgan fingerprint density at radius 1 is 1.50 bits per heavy atom. The van der Waals surface area contributed by atoms with Crippen molar-refractivity contribution in [2.75, 3.05) is 23.7 Å². The fraction of sp³-hybridized carbons (Fsp3) is 0.400. The number of benzene rings is 1. The molecular formula is C10H13BrN2O. The van der Waals surface area contributed by atoms with E-state index in [2.05, 4.69) is 20.8 Å². The molecule has 0 spiro atoms. The number of nitrogens with two attached hydrogens (primary N) is 1. The second-order valence-corrected chi connectivity index (χ2v) is 4.42. The first kappa shape index (κ1) is 9.80. The predicted molar refractivity (Wildman–Crippen MR) is 61.4 cm³/mol. The van der Waals surface area contributed by atoms with Crippen molar-refractivity contribution in [3.63, 3.8) is 0 Å². The van der Waals surface area contributed by atoms with E-state index in [1.54, 1.807) is 0 Å². The van der Waals surface area contributed by atoms with Crippen LogP contribution in [-0.4, -0.2) is 24.3 Å². The number of β-amino-alcohol motifs (C(OH)–C–C–N with tert-alkyl or cyclic N) is 1. The summed E-state index contributed by atoms with van der Waals surface area (Å²) in [5.74, 6) is 0. The Morgan fingerprint density at radius 2 is 2.29 bits per heavy atom. The van der Waals surface area contributed by atoms with Gasteiger partial charge in [-0.3, -0.25) is 0 Å². The molecular weight excluding hydrogens is 244 g/mol. The number of hydrogen-bond acceptors (Lipinski definition) is 3. The van der Waals surface area contributed by atoms with E-state index in [0.29, 0.717) is 6.54 Å². The van der Waals surface area contributed by atoms with Crippen molar-refractivity contribution in [1.29, 1.82) is 0 Å². The second kappa shape index (κ2) is 3.79. The first-order chi connectivity index (χ1) is 6.68. The Balaban J connectivity index is 2.28. The molecule has 1 unspecified atom stereocenters. The lowest BCUT2D eigenvalue weighted by Crippen LogP contribution is -2.22. The summed E-state index contributed by atoms with van der Waals surface area (Å²) in [4.78, 5) is 2.12. The molecule has 0 bridgehead atoms. The third kappa shape index (κ3) is 1.72. The summed E-state index contributed by atoms with van der Waals surface area (Å²) < 4.78 is 0.913. The van der Waals surface area contributed by atoms with Crippen molar-refractivity contribution < 1.29 is 5.11 Å². The van der Waals surface area contributed by atoms with E-state index in [4.69, 9.17) is 5.73 Å². The SMILES string of the molecule is Nc1c(Br)cccc1N1CCC(O)C1. The summed E-state index contributed by atoms with van der Waals surface area (Å²) in [5, 5.41) is 9.43. The molecule has 1 atom stereocenters. The summed E-state index contributed by atoms with van der Waals surface area (Å²) in [6.07, 6.45) is 0.611. The molecule has 0 radical (unpaired) electrons. The molecule has 3 N–H and O–H groups in total. The number of aliphatic hydroxyl groups excluding tert-OH is 1. The summed E-state index contributed by atoms with van der Waals surface area (Å²) in [6, 6.07) is 5.87. The third-order valence-electron chi connectivity index (χ3n) is 2.53. The lowest BCUT2D eigenvalue weighted by molar-refractivity contribution is 0.198. The Kier molecular flexibility index (Phi) is 2.65. The topological polar surface area (TPSA) is 49.5 Å². The largest absolute Gasteiger partial charge is 0.396 e. The van der Waals surface area contributed by atoms with E-state index >= 15 is 0 Å². The highest BCUT2D eigenvalue weighted by Gasteiger charge is 2.22. The summed E-state index contributed by atoms with van der Waals surface area (Å²) >= 11 is 3.39. The van der Waals surface area contributed by atoms with Crippen LogP contribution in [0, 0.1) is 0 Å². The highest BCUT2D eigenvalue weighted by molar-refractivity contribution is 9.10. The lowest BCUT2D eigenvalue weighted by Gasteiger charge is -2.20. The van der Waals surface area contributed by atoms with E-state index in [-0.39, 0.29) is 6.10 Å². The van der Waals surface area contributed by atoms with Crippen LogP contribution in [0.5, 0.6) is 0 Å². The van der Waals surface area contributed by atoms with Crippen molar-refractivity contribution in [3.05, 3.63) is 22.7 Å². The monoisotopic (exact) mass is 256 g/mol. The summed E-state index contributed by atoms with van der Waals surface area (Å²) in [5.41, 5.74) is 7.70. The molecule has 1 fully saturated rings. The summed E-state index contributed by atoms with van der Waals surface area (Å²) in [7, 11) is 0. The zero-order chi connectivity index (χ0) is 10.1. The van der Waals surface area contributed by atoms with E-state index in [0.717, 1.165) is 28.8 Å². The minimum absolute atomic E-state index is 0.214. The second-order valence-electron chi connectivity index (χ2n) is 3.56. The van der Waals surface area contributed by atoms with Gasteiger partial charge in [-0.15, -0.1) is 0 Å². The van der Waals surface area contributed by atoms with Gasteiger partial charge in [0.05, 0.1) is 17.5 Å². The number of hydrogen-bond donors (Lipinski definition) is 2. The van der Waals surface area contributed by atoms with Crippen LogP contribution in [0.1, 0.15) is 6.42 Å². The van der Waals surface area contributed by atoms with Gasteiger partial charge in [-0.05, 0) is 34.5 Å². The van der Waals surface area contributed by atoms with E-state index < -0.39 is 0 Å². The molecule has 3 nitrogen and oxygen atoms in total. The molecule has 0 amide bonds. The van der Waals surface area contributed by atoms with Gasteiger partial charge in [0.15, 0.2) is 0 Å². The van der Waals surface area contributed by atoms with Crippen molar-refractivity contribution in [3.8, 4) is 0 Å². The van der Waals surface area contributed by atoms with Crippen molar-refractivity contribution >= 4 is 27.3 Å². The van der Waals surface area contributed by atoms with Gasteiger partial charge < -0.3 is 15.7 Å². The molecule has 1 heterocycles. The average molecular weight is 257 g/mol. The van der Waals surface area contributed by atoms with Gasteiger partial charge in [0.1, 0.15) is 0 Å². The Labute approximate surface area is 91.6 Å². The quantitative estimate of drug-likeness (QED) is 0.751.